The molecule has 0 aliphatic heterocycles. The van der Waals surface area contributed by atoms with Gasteiger partial charge in [0, 0.05) is 5.39 Å². The minimum atomic E-state index is -4.43. The normalized spacial score (nSPS) is 11.7. The molecule has 9 heteroatoms. The van der Waals surface area contributed by atoms with Gasteiger partial charge >= 0.3 is 6.18 Å². The van der Waals surface area contributed by atoms with Crippen molar-refractivity contribution in [1.29, 1.82) is 0 Å². The summed E-state index contributed by atoms with van der Waals surface area (Å²) < 4.78 is 39.2. The molecule has 0 atom stereocenters. The number of hydrogen-bond acceptors (Lipinski definition) is 4. The van der Waals surface area contributed by atoms with E-state index in [-0.39, 0.29) is 17.8 Å². The number of hydrazone groups is 1. The van der Waals surface area contributed by atoms with E-state index in [1.165, 1.54) is 23.0 Å². The number of benzene rings is 3. The van der Waals surface area contributed by atoms with Crippen molar-refractivity contribution in [2.24, 2.45) is 5.10 Å². The van der Waals surface area contributed by atoms with Crippen LogP contribution in [0.2, 0.25) is 0 Å². The average molecular weight is 450 g/mol. The van der Waals surface area contributed by atoms with Gasteiger partial charge in [-0.2, -0.15) is 23.4 Å². The number of hydrogen-bond donors (Lipinski definition) is 1. The highest BCUT2D eigenvalue weighted by Crippen LogP contribution is 2.28. The van der Waals surface area contributed by atoms with E-state index in [9.17, 15) is 22.8 Å². The largest absolute Gasteiger partial charge is 0.416 e. The fourth-order valence-corrected chi connectivity index (χ4v) is 3.24. The summed E-state index contributed by atoms with van der Waals surface area (Å²) in [5, 5.41) is 8.78. The number of carbonyl (C=O) groups excluding carboxylic acids is 1. The molecule has 166 valence electrons. The number of nitrogens with zero attached hydrogens (tertiary/aromatic N) is 3. The maximum absolute atomic E-state index is 12.9. The van der Waals surface area contributed by atoms with Crippen molar-refractivity contribution >= 4 is 22.9 Å². The van der Waals surface area contributed by atoms with E-state index < -0.39 is 17.6 Å². The quantitative estimate of drug-likeness (QED) is 0.365. The summed E-state index contributed by atoms with van der Waals surface area (Å²) in [4.78, 5) is 25.7. The molecule has 0 saturated heterocycles. The van der Waals surface area contributed by atoms with Crippen LogP contribution >= 0.6 is 0 Å². The molecule has 3 aromatic carbocycles. The van der Waals surface area contributed by atoms with Gasteiger partial charge in [0.1, 0.15) is 0 Å². The van der Waals surface area contributed by atoms with Crippen molar-refractivity contribution < 1.29 is 18.0 Å². The summed E-state index contributed by atoms with van der Waals surface area (Å²) in [6, 6.07) is 20.2. The lowest BCUT2D eigenvalue weighted by Crippen LogP contribution is -2.29. The number of carbonyl (C=O) groups is 1. The molecular formula is C24H17F3N4O2. The van der Waals surface area contributed by atoms with Crippen molar-refractivity contribution in [2.45, 2.75) is 12.7 Å². The Morgan fingerprint density at radius 2 is 1.58 bits per heavy atom. The molecular weight excluding hydrogens is 433 g/mol. The molecule has 0 radical (unpaired) electrons. The van der Waals surface area contributed by atoms with E-state index in [2.05, 4.69) is 15.6 Å². The van der Waals surface area contributed by atoms with Crippen LogP contribution < -0.4 is 11.0 Å². The number of aromatic nitrogens is 2. The van der Waals surface area contributed by atoms with Gasteiger partial charge in [0.15, 0.2) is 5.69 Å². The lowest BCUT2D eigenvalue weighted by Gasteiger charge is -2.10. The lowest BCUT2D eigenvalue weighted by molar-refractivity contribution is -0.137. The maximum Gasteiger partial charge on any atom is 0.416 e. The zero-order chi connectivity index (χ0) is 23.4. The summed E-state index contributed by atoms with van der Waals surface area (Å²) in [6.07, 6.45) is -3.21. The van der Waals surface area contributed by atoms with Crippen molar-refractivity contribution in [3.63, 3.8) is 0 Å². The third-order valence-electron chi connectivity index (χ3n) is 4.88. The molecule has 4 rings (SSSR count). The topological polar surface area (TPSA) is 76.3 Å². The number of fused-ring (bicyclic) bond motifs is 1. The van der Waals surface area contributed by atoms with Crippen LogP contribution in [-0.2, 0) is 12.7 Å². The number of nitrogens with one attached hydrogen (secondary N) is 1. The molecule has 4 aromatic rings. The van der Waals surface area contributed by atoms with Crippen LogP contribution in [0, 0.1) is 0 Å². The van der Waals surface area contributed by atoms with Crippen LogP contribution in [0.4, 0.5) is 13.2 Å². The van der Waals surface area contributed by atoms with Gasteiger partial charge in [0.2, 0.25) is 0 Å². The molecule has 0 saturated carbocycles. The number of halogens is 3. The Morgan fingerprint density at radius 3 is 2.24 bits per heavy atom. The predicted octanol–water partition coefficient (Wildman–Crippen LogP) is 4.23. The number of amides is 1. The summed E-state index contributed by atoms with van der Waals surface area (Å²) in [7, 11) is 0. The first-order chi connectivity index (χ1) is 15.8. The zero-order valence-corrected chi connectivity index (χ0v) is 17.1. The monoisotopic (exact) mass is 450 g/mol. The Balaban J connectivity index is 1.60. The molecule has 0 bridgehead atoms. The second-order valence-corrected chi connectivity index (χ2v) is 7.16. The van der Waals surface area contributed by atoms with E-state index >= 15 is 0 Å². The van der Waals surface area contributed by atoms with Gasteiger partial charge in [0.25, 0.3) is 11.5 Å². The van der Waals surface area contributed by atoms with Gasteiger partial charge in [-0.15, -0.1) is 0 Å². The van der Waals surface area contributed by atoms with E-state index in [4.69, 9.17) is 0 Å². The Hall–Kier alpha value is -4.27. The van der Waals surface area contributed by atoms with Crippen molar-refractivity contribution in [3.8, 4) is 0 Å². The Kier molecular flexibility index (Phi) is 6.03. The number of alkyl halides is 3. The van der Waals surface area contributed by atoms with Crippen LogP contribution in [0.15, 0.2) is 88.8 Å². The van der Waals surface area contributed by atoms with E-state index in [1.54, 1.807) is 24.3 Å². The molecule has 1 N–H and O–H groups in total. The Bertz CT molecular complexity index is 1380. The highest BCUT2D eigenvalue weighted by molar-refractivity contribution is 6.04. The third-order valence-corrected chi connectivity index (χ3v) is 4.88. The second kappa shape index (κ2) is 9.07. The van der Waals surface area contributed by atoms with Crippen LogP contribution in [0.5, 0.6) is 0 Å². The molecule has 1 heterocycles. The van der Waals surface area contributed by atoms with Crippen molar-refractivity contribution in [3.05, 3.63) is 112 Å². The van der Waals surface area contributed by atoms with Gasteiger partial charge in [-0.25, -0.2) is 10.1 Å². The SMILES string of the molecule is O=C(NN=Cc1ccc(C(F)(F)F)cc1)c1nn(Cc2ccccc2)c(=O)c2ccccc12. The molecule has 33 heavy (non-hydrogen) atoms. The first-order valence-corrected chi connectivity index (χ1v) is 9.87. The summed E-state index contributed by atoms with van der Waals surface area (Å²) >= 11 is 0. The van der Waals surface area contributed by atoms with Gasteiger partial charge in [0.05, 0.1) is 23.7 Å². The third kappa shape index (κ3) is 4.98. The first-order valence-electron chi connectivity index (χ1n) is 9.87. The van der Waals surface area contributed by atoms with Crippen LogP contribution in [0.25, 0.3) is 10.8 Å². The Labute approximate surface area is 186 Å². The molecule has 1 amide bonds. The van der Waals surface area contributed by atoms with Gasteiger partial charge in [-0.1, -0.05) is 60.7 Å². The fourth-order valence-electron chi connectivity index (χ4n) is 3.24. The average Bonchev–Trinajstić information content (AvgIpc) is 2.81. The summed E-state index contributed by atoms with van der Waals surface area (Å²) in [6.45, 7) is 0.180. The molecule has 0 fully saturated rings. The fraction of sp³-hybridized carbons (Fsp3) is 0.0833. The van der Waals surface area contributed by atoms with E-state index in [0.29, 0.717) is 16.3 Å². The molecule has 6 nitrogen and oxygen atoms in total. The Morgan fingerprint density at radius 1 is 0.939 bits per heavy atom. The summed E-state index contributed by atoms with van der Waals surface area (Å²) in [5.41, 5.74) is 2.43. The minimum absolute atomic E-state index is 0.00528. The second-order valence-electron chi connectivity index (χ2n) is 7.16. The van der Waals surface area contributed by atoms with Crippen LogP contribution in [0.3, 0.4) is 0 Å². The molecule has 0 unspecified atom stereocenters. The standard InChI is InChI=1S/C24H17F3N4O2/c25-24(26,27)18-12-10-16(11-13-18)14-28-29-22(32)21-19-8-4-5-9-20(19)23(33)31(30-21)15-17-6-2-1-3-7-17/h1-14H,15H2,(H,29,32). The van der Waals surface area contributed by atoms with Crippen LogP contribution in [-0.4, -0.2) is 21.9 Å². The van der Waals surface area contributed by atoms with Gasteiger partial charge in [-0.05, 0) is 29.3 Å². The minimum Gasteiger partial charge on any atom is -0.267 e. The highest BCUT2D eigenvalue weighted by Gasteiger charge is 2.29. The maximum atomic E-state index is 12.9. The van der Waals surface area contributed by atoms with E-state index in [0.717, 1.165) is 17.7 Å². The molecule has 0 spiro atoms. The zero-order valence-electron chi connectivity index (χ0n) is 17.1. The van der Waals surface area contributed by atoms with Crippen LogP contribution in [0.1, 0.15) is 27.2 Å². The van der Waals surface area contributed by atoms with Crippen molar-refractivity contribution in [1.82, 2.24) is 15.2 Å². The van der Waals surface area contributed by atoms with Gasteiger partial charge < -0.3 is 0 Å². The van der Waals surface area contributed by atoms with E-state index in [1.807, 2.05) is 30.3 Å². The molecule has 0 aliphatic rings. The lowest BCUT2D eigenvalue weighted by atomic mass is 10.1. The smallest absolute Gasteiger partial charge is 0.267 e. The highest BCUT2D eigenvalue weighted by atomic mass is 19.4. The van der Waals surface area contributed by atoms with Gasteiger partial charge in [-0.3, -0.25) is 9.59 Å². The molecule has 0 aliphatic carbocycles. The first kappa shape index (κ1) is 21.9. The summed E-state index contributed by atoms with van der Waals surface area (Å²) in [5.74, 6) is -0.656. The number of rotatable bonds is 5. The van der Waals surface area contributed by atoms with Crippen molar-refractivity contribution in [2.75, 3.05) is 0 Å². The predicted molar refractivity (Wildman–Crippen MR) is 118 cm³/mol. The molecule has 1 aromatic heterocycles.